The van der Waals surface area contributed by atoms with E-state index >= 15 is 0 Å². The molecule has 2 heteroatoms. The van der Waals surface area contributed by atoms with Crippen LogP contribution in [0.15, 0.2) is 0 Å². The van der Waals surface area contributed by atoms with Gasteiger partial charge in [-0.25, -0.2) is 0 Å². The van der Waals surface area contributed by atoms with Crippen LogP contribution in [0.25, 0.3) is 0 Å². The van der Waals surface area contributed by atoms with E-state index in [0.29, 0.717) is 17.0 Å². The number of thioether (sulfide) groups is 1. The first-order valence-corrected chi connectivity index (χ1v) is 6.33. The molecule has 2 rings (SSSR count). The van der Waals surface area contributed by atoms with Crippen molar-refractivity contribution in [3.8, 4) is 0 Å². The van der Waals surface area contributed by atoms with Crippen molar-refractivity contribution < 1.29 is 4.79 Å². The molecule has 1 heterocycles. The van der Waals surface area contributed by atoms with Crippen LogP contribution in [-0.4, -0.2) is 16.3 Å². The van der Waals surface area contributed by atoms with Gasteiger partial charge in [0, 0.05) is 11.2 Å². The summed E-state index contributed by atoms with van der Waals surface area (Å²) in [5.74, 6) is 1.65. The lowest BCUT2D eigenvalue weighted by Crippen LogP contribution is -2.22. The molecule has 3 atom stereocenters. The maximum Gasteiger partial charge on any atom is 0.149 e. The minimum Gasteiger partial charge on any atom is -0.298 e. The monoisotopic (exact) mass is 198 g/mol. The SMILES string of the molecule is CC1SC(C2CCCC2)C(C)C1=O. The third-order valence-electron chi connectivity index (χ3n) is 3.57. The van der Waals surface area contributed by atoms with Crippen LogP contribution in [0.2, 0.25) is 0 Å². The van der Waals surface area contributed by atoms with E-state index in [2.05, 4.69) is 13.8 Å². The van der Waals surface area contributed by atoms with Crippen LogP contribution >= 0.6 is 11.8 Å². The normalized spacial score (nSPS) is 41.7. The lowest BCUT2D eigenvalue weighted by atomic mass is 9.90. The van der Waals surface area contributed by atoms with Crippen molar-refractivity contribution in [2.45, 2.75) is 50.0 Å². The highest BCUT2D eigenvalue weighted by Gasteiger charge is 2.41. The van der Waals surface area contributed by atoms with Gasteiger partial charge in [0.2, 0.25) is 0 Å². The Morgan fingerprint density at radius 2 is 1.85 bits per heavy atom. The Bertz CT molecular complexity index is 208. The summed E-state index contributed by atoms with van der Waals surface area (Å²) in [5.41, 5.74) is 0. The number of rotatable bonds is 1. The van der Waals surface area contributed by atoms with Gasteiger partial charge in [0.15, 0.2) is 0 Å². The van der Waals surface area contributed by atoms with E-state index in [-0.39, 0.29) is 5.25 Å². The van der Waals surface area contributed by atoms with Crippen LogP contribution in [-0.2, 0) is 4.79 Å². The summed E-state index contributed by atoms with van der Waals surface area (Å²) >= 11 is 1.93. The van der Waals surface area contributed by atoms with Crippen LogP contribution in [0.1, 0.15) is 39.5 Å². The third kappa shape index (κ3) is 1.65. The number of ketones is 1. The largest absolute Gasteiger partial charge is 0.298 e. The number of carbonyl (C=O) groups excluding carboxylic acids is 1. The summed E-state index contributed by atoms with van der Waals surface area (Å²) < 4.78 is 0. The zero-order valence-corrected chi connectivity index (χ0v) is 9.27. The molecule has 74 valence electrons. The zero-order valence-electron chi connectivity index (χ0n) is 8.45. The molecule has 0 aromatic carbocycles. The van der Waals surface area contributed by atoms with Crippen molar-refractivity contribution in [2.75, 3.05) is 0 Å². The molecule has 1 nitrogen and oxygen atoms in total. The van der Waals surface area contributed by atoms with Crippen molar-refractivity contribution in [2.24, 2.45) is 11.8 Å². The van der Waals surface area contributed by atoms with Gasteiger partial charge in [-0.2, -0.15) is 0 Å². The number of Topliss-reactive ketones (excluding diaryl/α,β-unsaturated/α-hetero) is 1. The predicted molar refractivity (Wildman–Crippen MR) is 57.0 cm³/mol. The van der Waals surface area contributed by atoms with Gasteiger partial charge in [0.25, 0.3) is 0 Å². The van der Waals surface area contributed by atoms with E-state index in [4.69, 9.17) is 0 Å². The van der Waals surface area contributed by atoms with Gasteiger partial charge in [0.05, 0.1) is 5.25 Å². The van der Waals surface area contributed by atoms with E-state index in [0.717, 1.165) is 5.92 Å². The number of carbonyl (C=O) groups is 1. The summed E-state index contributed by atoms with van der Waals surface area (Å²) in [5, 5.41) is 0.908. The molecule has 0 aromatic rings. The van der Waals surface area contributed by atoms with E-state index in [1.165, 1.54) is 25.7 Å². The molecule has 1 saturated carbocycles. The highest BCUT2D eigenvalue weighted by molar-refractivity contribution is 8.01. The summed E-state index contributed by atoms with van der Waals surface area (Å²) in [6, 6.07) is 0. The van der Waals surface area contributed by atoms with Crippen LogP contribution < -0.4 is 0 Å². The smallest absolute Gasteiger partial charge is 0.149 e. The molecule has 0 N–H and O–H groups in total. The molecule has 0 amide bonds. The van der Waals surface area contributed by atoms with Gasteiger partial charge in [-0.05, 0) is 25.7 Å². The van der Waals surface area contributed by atoms with E-state index in [1.54, 1.807) is 0 Å². The summed E-state index contributed by atoms with van der Waals surface area (Å²) in [6.07, 6.45) is 5.50. The van der Waals surface area contributed by atoms with Crippen LogP contribution in [0.5, 0.6) is 0 Å². The Balaban J connectivity index is 2.04. The molecule has 0 spiro atoms. The van der Waals surface area contributed by atoms with Gasteiger partial charge < -0.3 is 0 Å². The molecule has 0 bridgehead atoms. The van der Waals surface area contributed by atoms with E-state index < -0.39 is 0 Å². The second-order valence-electron chi connectivity index (χ2n) is 4.48. The van der Waals surface area contributed by atoms with E-state index in [1.807, 2.05) is 11.8 Å². The van der Waals surface area contributed by atoms with Crippen molar-refractivity contribution in [1.82, 2.24) is 0 Å². The number of hydrogen-bond acceptors (Lipinski definition) is 2. The molecule has 2 aliphatic rings. The minimum absolute atomic E-state index is 0.264. The first-order chi connectivity index (χ1) is 6.20. The standard InChI is InChI=1S/C11H18OS/c1-7-10(12)8(2)13-11(7)9-5-3-4-6-9/h7-9,11H,3-6H2,1-2H3. The Hall–Kier alpha value is 0.0200. The average molecular weight is 198 g/mol. The summed E-state index contributed by atoms with van der Waals surface area (Å²) in [4.78, 5) is 11.7. The molecule has 3 unspecified atom stereocenters. The lowest BCUT2D eigenvalue weighted by Gasteiger charge is -2.20. The maximum absolute atomic E-state index is 11.7. The molecule has 2 fully saturated rings. The second-order valence-corrected chi connectivity index (χ2v) is 6.00. The quantitative estimate of drug-likeness (QED) is 0.644. The highest BCUT2D eigenvalue weighted by atomic mass is 32.2. The first kappa shape index (κ1) is 9.57. The molecular weight excluding hydrogens is 180 g/mol. The average Bonchev–Trinajstić information content (AvgIpc) is 2.70. The van der Waals surface area contributed by atoms with Gasteiger partial charge in [0.1, 0.15) is 5.78 Å². The predicted octanol–water partition coefficient (Wildman–Crippen LogP) is 2.89. The molecule has 1 aliphatic carbocycles. The molecule has 1 aliphatic heterocycles. The molecule has 13 heavy (non-hydrogen) atoms. The Morgan fingerprint density at radius 3 is 2.31 bits per heavy atom. The van der Waals surface area contributed by atoms with Crippen LogP contribution in [0.3, 0.4) is 0 Å². The van der Waals surface area contributed by atoms with Crippen LogP contribution in [0, 0.1) is 11.8 Å². The fourth-order valence-corrected chi connectivity index (χ4v) is 4.44. The van der Waals surface area contributed by atoms with Crippen molar-refractivity contribution in [3.63, 3.8) is 0 Å². The lowest BCUT2D eigenvalue weighted by molar-refractivity contribution is -0.121. The Morgan fingerprint density at radius 1 is 1.23 bits per heavy atom. The van der Waals surface area contributed by atoms with E-state index in [9.17, 15) is 4.79 Å². The fourth-order valence-electron chi connectivity index (χ4n) is 2.76. The number of hydrogen-bond donors (Lipinski definition) is 0. The molecule has 0 aromatic heterocycles. The molecule has 0 radical (unpaired) electrons. The van der Waals surface area contributed by atoms with Crippen LogP contribution in [0.4, 0.5) is 0 Å². The first-order valence-electron chi connectivity index (χ1n) is 5.39. The summed E-state index contributed by atoms with van der Waals surface area (Å²) in [6.45, 7) is 4.19. The van der Waals surface area contributed by atoms with Crippen molar-refractivity contribution in [3.05, 3.63) is 0 Å². The van der Waals surface area contributed by atoms with Crippen molar-refractivity contribution in [1.29, 1.82) is 0 Å². The second kappa shape index (κ2) is 3.64. The van der Waals surface area contributed by atoms with Crippen molar-refractivity contribution >= 4 is 17.5 Å². The van der Waals surface area contributed by atoms with Gasteiger partial charge >= 0.3 is 0 Å². The topological polar surface area (TPSA) is 17.1 Å². The fraction of sp³-hybridized carbons (Fsp3) is 0.909. The summed E-state index contributed by atoms with van der Waals surface area (Å²) in [7, 11) is 0. The highest BCUT2D eigenvalue weighted by Crippen LogP contribution is 2.44. The molecular formula is C11H18OS. The zero-order chi connectivity index (χ0) is 9.42. The maximum atomic E-state index is 11.7. The minimum atomic E-state index is 0.264. The Kier molecular flexibility index (Phi) is 2.68. The Labute approximate surface area is 84.7 Å². The molecule has 1 saturated heterocycles. The van der Waals surface area contributed by atoms with Gasteiger partial charge in [-0.1, -0.05) is 19.8 Å². The van der Waals surface area contributed by atoms with Gasteiger partial charge in [-0.15, -0.1) is 11.8 Å². The third-order valence-corrected chi connectivity index (χ3v) is 5.32. The van der Waals surface area contributed by atoms with Gasteiger partial charge in [-0.3, -0.25) is 4.79 Å².